The molecule has 14 heavy (non-hydrogen) atoms. The molecule has 1 aromatic rings. The van der Waals surface area contributed by atoms with Crippen molar-refractivity contribution in [1.82, 2.24) is 9.97 Å². The van der Waals surface area contributed by atoms with Gasteiger partial charge in [-0.05, 0) is 13.8 Å². The van der Waals surface area contributed by atoms with Crippen molar-refractivity contribution in [2.24, 2.45) is 0 Å². The number of hydrogen-bond acceptors (Lipinski definition) is 5. The van der Waals surface area contributed by atoms with Gasteiger partial charge in [0.15, 0.2) is 5.82 Å². The van der Waals surface area contributed by atoms with Gasteiger partial charge in [0, 0.05) is 0 Å². The fourth-order valence-corrected chi connectivity index (χ4v) is 0.972. The lowest BCUT2D eigenvalue weighted by molar-refractivity contribution is 0.177. The monoisotopic (exact) mass is 216 g/mol. The number of nitrogens with zero attached hydrogens (tertiary/aromatic N) is 2. The summed E-state index contributed by atoms with van der Waals surface area (Å²) in [6.45, 7) is 3.50. The molecule has 0 saturated heterocycles. The van der Waals surface area contributed by atoms with Gasteiger partial charge in [-0.3, -0.25) is 0 Å². The molecule has 2 unspecified atom stereocenters. The number of hydrogen-bond donors (Lipinski definition) is 3. The molecule has 1 heterocycles. The van der Waals surface area contributed by atoms with Gasteiger partial charge in [-0.2, -0.15) is 0 Å². The largest absolute Gasteiger partial charge is 0.391 e. The Bertz CT molecular complexity index is 318. The second-order valence-corrected chi connectivity index (χ2v) is 3.47. The lowest BCUT2D eigenvalue weighted by Crippen LogP contribution is -2.28. The summed E-state index contributed by atoms with van der Waals surface area (Å²) < 4.78 is 0. The Morgan fingerprint density at radius 2 is 2.14 bits per heavy atom. The van der Waals surface area contributed by atoms with E-state index in [-0.39, 0.29) is 16.9 Å². The normalized spacial score (nSPS) is 14.9. The summed E-state index contributed by atoms with van der Waals surface area (Å²) in [6.07, 6.45) is 0.820. The highest BCUT2D eigenvalue weighted by atomic mass is 35.5. The van der Waals surface area contributed by atoms with Crippen LogP contribution in [0.2, 0.25) is 5.02 Å². The molecule has 0 aromatic carbocycles. The number of rotatable bonds is 3. The maximum Gasteiger partial charge on any atom is 0.150 e. The van der Waals surface area contributed by atoms with E-state index in [1.807, 2.05) is 6.92 Å². The first-order chi connectivity index (χ1) is 6.52. The Kier molecular flexibility index (Phi) is 3.49. The first-order valence-electron chi connectivity index (χ1n) is 4.23. The molecular formula is C8H13ClN4O. The van der Waals surface area contributed by atoms with E-state index in [1.165, 1.54) is 6.33 Å². The molecule has 4 N–H and O–H groups in total. The number of aromatic nitrogens is 2. The zero-order valence-electron chi connectivity index (χ0n) is 8.03. The van der Waals surface area contributed by atoms with Crippen molar-refractivity contribution in [2.45, 2.75) is 26.0 Å². The fraction of sp³-hybridized carbons (Fsp3) is 0.500. The Morgan fingerprint density at radius 1 is 1.50 bits per heavy atom. The van der Waals surface area contributed by atoms with Gasteiger partial charge in [-0.15, -0.1) is 0 Å². The molecule has 2 atom stereocenters. The summed E-state index contributed by atoms with van der Waals surface area (Å²) in [6, 6.07) is -0.151. The van der Waals surface area contributed by atoms with Gasteiger partial charge in [0.2, 0.25) is 0 Å². The predicted molar refractivity (Wildman–Crippen MR) is 56.2 cm³/mol. The second-order valence-electron chi connectivity index (χ2n) is 3.10. The minimum absolute atomic E-state index is 0.151. The number of aliphatic hydroxyl groups excluding tert-OH is 1. The molecule has 0 spiro atoms. The molecule has 0 aliphatic heterocycles. The number of nitrogens with two attached hydrogens (primary N) is 1. The number of aliphatic hydroxyl groups is 1. The Balaban J connectivity index is 2.82. The SMILES string of the molecule is CC(O)C(C)Nc1ncnc(N)c1Cl. The maximum atomic E-state index is 9.26. The minimum Gasteiger partial charge on any atom is -0.391 e. The van der Waals surface area contributed by atoms with E-state index in [4.69, 9.17) is 17.3 Å². The predicted octanol–water partition coefficient (Wildman–Crippen LogP) is 0.893. The summed E-state index contributed by atoms with van der Waals surface area (Å²) in [5.41, 5.74) is 5.49. The van der Waals surface area contributed by atoms with Crippen LogP contribution < -0.4 is 11.1 Å². The number of nitrogens with one attached hydrogen (secondary N) is 1. The average molecular weight is 217 g/mol. The number of halogens is 1. The van der Waals surface area contributed by atoms with Crippen LogP contribution in [0.4, 0.5) is 11.6 Å². The van der Waals surface area contributed by atoms with E-state index in [0.29, 0.717) is 5.82 Å². The molecule has 0 bridgehead atoms. The first kappa shape index (κ1) is 11.0. The summed E-state index contributed by atoms with van der Waals surface area (Å²) in [5, 5.41) is 12.5. The summed E-state index contributed by atoms with van der Waals surface area (Å²) in [4.78, 5) is 7.64. The Hall–Kier alpha value is -1.07. The molecule has 0 radical (unpaired) electrons. The van der Waals surface area contributed by atoms with Crippen molar-refractivity contribution < 1.29 is 5.11 Å². The van der Waals surface area contributed by atoms with Crippen molar-refractivity contribution in [2.75, 3.05) is 11.1 Å². The van der Waals surface area contributed by atoms with Crippen LogP contribution in [0.25, 0.3) is 0 Å². The Labute approximate surface area is 87.3 Å². The molecule has 0 fully saturated rings. The van der Waals surface area contributed by atoms with E-state index in [0.717, 1.165) is 0 Å². The molecular weight excluding hydrogens is 204 g/mol. The lowest BCUT2D eigenvalue weighted by Gasteiger charge is -2.17. The van der Waals surface area contributed by atoms with E-state index < -0.39 is 6.10 Å². The third-order valence-corrected chi connectivity index (χ3v) is 2.28. The molecule has 0 amide bonds. The molecule has 0 aliphatic carbocycles. The zero-order valence-corrected chi connectivity index (χ0v) is 8.78. The second kappa shape index (κ2) is 4.43. The van der Waals surface area contributed by atoms with E-state index in [1.54, 1.807) is 6.92 Å². The van der Waals surface area contributed by atoms with Crippen molar-refractivity contribution in [3.05, 3.63) is 11.3 Å². The van der Waals surface area contributed by atoms with Crippen LogP contribution in [-0.2, 0) is 0 Å². The minimum atomic E-state index is -0.498. The van der Waals surface area contributed by atoms with Gasteiger partial charge in [0.25, 0.3) is 0 Å². The summed E-state index contributed by atoms with van der Waals surface area (Å²) >= 11 is 5.85. The van der Waals surface area contributed by atoms with Crippen molar-refractivity contribution in [1.29, 1.82) is 0 Å². The third-order valence-electron chi connectivity index (χ3n) is 1.90. The average Bonchev–Trinajstić information content (AvgIpc) is 2.12. The smallest absolute Gasteiger partial charge is 0.150 e. The highest BCUT2D eigenvalue weighted by Crippen LogP contribution is 2.23. The van der Waals surface area contributed by atoms with Crippen molar-refractivity contribution in [3.63, 3.8) is 0 Å². The topological polar surface area (TPSA) is 84.1 Å². The van der Waals surface area contributed by atoms with Crippen molar-refractivity contribution in [3.8, 4) is 0 Å². The van der Waals surface area contributed by atoms with Gasteiger partial charge in [-0.1, -0.05) is 11.6 Å². The number of nitrogen functional groups attached to an aromatic ring is 1. The summed E-state index contributed by atoms with van der Waals surface area (Å²) in [7, 11) is 0. The van der Waals surface area contributed by atoms with Crippen LogP contribution >= 0.6 is 11.6 Å². The van der Waals surface area contributed by atoms with Gasteiger partial charge in [-0.25, -0.2) is 9.97 Å². The van der Waals surface area contributed by atoms with Gasteiger partial charge < -0.3 is 16.2 Å². The maximum absolute atomic E-state index is 9.26. The molecule has 5 nitrogen and oxygen atoms in total. The first-order valence-corrected chi connectivity index (χ1v) is 4.60. The Morgan fingerprint density at radius 3 is 2.71 bits per heavy atom. The standard InChI is InChI=1S/C8H13ClN4O/c1-4(5(2)14)13-8-6(9)7(10)11-3-12-8/h3-5,14H,1-2H3,(H3,10,11,12,13). The van der Waals surface area contributed by atoms with E-state index in [9.17, 15) is 5.11 Å². The molecule has 78 valence electrons. The molecule has 0 saturated carbocycles. The molecule has 1 aromatic heterocycles. The van der Waals surface area contributed by atoms with Crippen LogP contribution in [0.15, 0.2) is 6.33 Å². The van der Waals surface area contributed by atoms with Crippen molar-refractivity contribution >= 4 is 23.2 Å². The quantitative estimate of drug-likeness (QED) is 0.699. The molecule has 6 heteroatoms. The van der Waals surface area contributed by atoms with Gasteiger partial charge >= 0.3 is 0 Å². The summed E-state index contributed by atoms with van der Waals surface area (Å²) in [5.74, 6) is 0.662. The molecule has 0 aliphatic rings. The highest BCUT2D eigenvalue weighted by Gasteiger charge is 2.12. The third kappa shape index (κ3) is 2.46. The van der Waals surface area contributed by atoms with E-state index in [2.05, 4.69) is 15.3 Å². The van der Waals surface area contributed by atoms with Gasteiger partial charge in [0.05, 0.1) is 12.1 Å². The molecule has 1 rings (SSSR count). The van der Waals surface area contributed by atoms with Crippen LogP contribution in [0.1, 0.15) is 13.8 Å². The van der Waals surface area contributed by atoms with Gasteiger partial charge in [0.1, 0.15) is 17.2 Å². The van der Waals surface area contributed by atoms with Crippen LogP contribution in [0, 0.1) is 0 Å². The van der Waals surface area contributed by atoms with Crippen LogP contribution in [-0.4, -0.2) is 27.2 Å². The fourth-order valence-electron chi connectivity index (χ4n) is 0.820. The van der Waals surface area contributed by atoms with Crippen LogP contribution in [0.5, 0.6) is 0 Å². The lowest BCUT2D eigenvalue weighted by atomic mass is 10.2. The van der Waals surface area contributed by atoms with E-state index >= 15 is 0 Å². The zero-order chi connectivity index (χ0) is 10.7. The van der Waals surface area contributed by atoms with Crippen LogP contribution in [0.3, 0.4) is 0 Å². The number of anilines is 2. The highest BCUT2D eigenvalue weighted by molar-refractivity contribution is 6.35.